The molecule has 0 spiro atoms. The minimum absolute atomic E-state index is 0.162. The highest BCUT2D eigenvalue weighted by Gasteiger charge is 2.24. The lowest BCUT2D eigenvalue weighted by atomic mass is 9.95. The normalized spacial score (nSPS) is 14.4. The van der Waals surface area contributed by atoms with Gasteiger partial charge in [-0.25, -0.2) is 5.43 Å². The van der Waals surface area contributed by atoms with Gasteiger partial charge < -0.3 is 0 Å². The van der Waals surface area contributed by atoms with E-state index in [0.717, 1.165) is 46.2 Å². The highest BCUT2D eigenvalue weighted by molar-refractivity contribution is 7.99. The van der Waals surface area contributed by atoms with E-state index in [1.54, 1.807) is 0 Å². The lowest BCUT2D eigenvalue weighted by Crippen LogP contribution is -2.22. The van der Waals surface area contributed by atoms with Crippen molar-refractivity contribution in [1.82, 2.24) is 20.2 Å². The van der Waals surface area contributed by atoms with Crippen LogP contribution >= 0.6 is 11.8 Å². The van der Waals surface area contributed by atoms with Gasteiger partial charge in [-0.3, -0.25) is 9.36 Å². The molecule has 1 saturated carbocycles. The molecule has 1 aliphatic carbocycles. The summed E-state index contributed by atoms with van der Waals surface area (Å²) in [5.74, 6) is 0.945. The molecule has 6 nitrogen and oxygen atoms in total. The Balaban J connectivity index is 1.24. The van der Waals surface area contributed by atoms with Crippen molar-refractivity contribution in [1.29, 1.82) is 0 Å². The van der Waals surface area contributed by atoms with Crippen molar-refractivity contribution < 1.29 is 4.79 Å². The van der Waals surface area contributed by atoms with E-state index in [-0.39, 0.29) is 11.7 Å². The summed E-state index contributed by atoms with van der Waals surface area (Å²) >= 11 is 1.42. The summed E-state index contributed by atoms with van der Waals surface area (Å²) in [6, 6.07) is 27.2. The first-order valence-corrected chi connectivity index (χ1v) is 14.2. The van der Waals surface area contributed by atoms with Gasteiger partial charge in [-0.1, -0.05) is 115 Å². The van der Waals surface area contributed by atoms with Crippen LogP contribution in [0.1, 0.15) is 56.2 Å². The Kier molecular flexibility index (Phi) is 8.34. The summed E-state index contributed by atoms with van der Waals surface area (Å²) < 4.78 is 2.25. The number of hydrogen-bond acceptors (Lipinski definition) is 5. The fraction of sp³-hybridized carbons (Fsp3) is 0.290. The van der Waals surface area contributed by atoms with E-state index in [4.69, 9.17) is 0 Å². The molecule has 1 aliphatic rings. The topological polar surface area (TPSA) is 72.2 Å². The Morgan fingerprint density at radius 3 is 2.26 bits per heavy atom. The molecule has 4 aromatic rings. The number of amides is 1. The SMILES string of the molecule is CC(=NNC(=O)CSc1nnc(-c2ccc(C)cc2)n1C1CCCCC1)c1ccc(-c2ccccc2)cc1. The Labute approximate surface area is 228 Å². The molecule has 1 fully saturated rings. The van der Waals surface area contributed by atoms with Crippen molar-refractivity contribution in [2.45, 2.75) is 57.1 Å². The van der Waals surface area contributed by atoms with E-state index < -0.39 is 0 Å². The van der Waals surface area contributed by atoms with Crippen LogP contribution in [0.2, 0.25) is 0 Å². The Morgan fingerprint density at radius 2 is 1.55 bits per heavy atom. The number of nitrogens with one attached hydrogen (secondary N) is 1. The quantitative estimate of drug-likeness (QED) is 0.152. The first-order valence-electron chi connectivity index (χ1n) is 13.2. The lowest BCUT2D eigenvalue weighted by molar-refractivity contribution is -0.118. The van der Waals surface area contributed by atoms with E-state index in [2.05, 4.69) is 80.7 Å². The van der Waals surface area contributed by atoms with Crippen LogP contribution in [-0.2, 0) is 4.79 Å². The first kappa shape index (κ1) is 25.9. The van der Waals surface area contributed by atoms with Gasteiger partial charge in [0.15, 0.2) is 11.0 Å². The highest BCUT2D eigenvalue weighted by atomic mass is 32.2. The molecule has 1 aromatic heterocycles. The van der Waals surface area contributed by atoms with Crippen LogP contribution < -0.4 is 5.43 Å². The van der Waals surface area contributed by atoms with Crippen LogP contribution in [0.25, 0.3) is 22.5 Å². The number of rotatable bonds is 8. The van der Waals surface area contributed by atoms with Gasteiger partial charge in [0.05, 0.1) is 11.5 Å². The number of nitrogens with zero attached hydrogens (tertiary/aromatic N) is 4. The molecular weight excluding hydrogens is 490 g/mol. The van der Waals surface area contributed by atoms with Gasteiger partial charge in [0.25, 0.3) is 5.91 Å². The molecule has 7 heteroatoms. The van der Waals surface area contributed by atoms with Crippen molar-refractivity contribution in [3.63, 3.8) is 0 Å². The number of aryl methyl sites for hydroxylation is 1. The first-order chi connectivity index (χ1) is 18.6. The van der Waals surface area contributed by atoms with Crippen LogP contribution in [0.4, 0.5) is 0 Å². The fourth-order valence-corrected chi connectivity index (χ4v) is 5.65. The predicted octanol–water partition coefficient (Wildman–Crippen LogP) is 7.06. The molecule has 3 aromatic carbocycles. The minimum Gasteiger partial charge on any atom is -0.299 e. The van der Waals surface area contributed by atoms with Crippen LogP contribution in [0.5, 0.6) is 0 Å². The van der Waals surface area contributed by atoms with E-state index in [0.29, 0.717) is 6.04 Å². The molecule has 0 atom stereocenters. The van der Waals surface area contributed by atoms with E-state index in [1.165, 1.54) is 42.2 Å². The summed E-state index contributed by atoms with van der Waals surface area (Å²) in [5, 5.41) is 14.2. The number of carbonyl (C=O) groups is 1. The van der Waals surface area contributed by atoms with Gasteiger partial charge in [0, 0.05) is 11.6 Å². The molecule has 0 bridgehead atoms. The lowest BCUT2D eigenvalue weighted by Gasteiger charge is -2.25. The summed E-state index contributed by atoms with van der Waals surface area (Å²) in [6.45, 7) is 3.98. The number of hydrogen-bond donors (Lipinski definition) is 1. The number of carbonyl (C=O) groups excluding carboxylic acids is 1. The summed E-state index contributed by atoms with van der Waals surface area (Å²) in [6.07, 6.45) is 5.92. The smallest absolute Gasteiger partial charge is 0.250 e. The maximum atomic E-state index is 12.7. The second kappa shape index (κ2) is 12.2. The summed E-state index contributed by atoms with van der Waals surface area (Å²) in [7, 11) is 0. The van der Waals surface area contributed by atoms with Crippen LogP contribution in [-0.4, -0.2) is 32.1 Å². The van der Waals surface area contributed by atoms with Gasteiger partial charge in [-0.05, 0) is 43.4 Å². The fourth-order valence-electron chi connectivity index (χ4n) is 4.85. The molecule has 0 unspecified atom stereocenters. The van der Waals surface area contributed by atoms with E-state index >= 15 is 0 Å². The highest BCUT2D eigenvalue weighted by Crippen LogP contribution is 2.35. The second-order valence-electron chi connectivity index (χ2n) is 9.80. The number of thioether (sulfide) groups is 1. The van der Waals surface area contributed by atoms with Crippen molar-refractivity contribution in [3.05, 3.63) is 90.0 Å². The minimum atomic E-state index is -0.162. The Morgan fingerprint density at radius 1 is 0.895 bits per heavy atom. The molecule has 5 rings (SSSR count). The van der Waals surface area contributed by atoms with Crippen molar-refractivity contribution in [2.24, 2.45) is 5.10 Å². The van der Waals surface area contributed by atoms with Gasteiger partial charge in [-0.2, -0.15) is 5.10 Å². The summed E-state index contributed by atoms with van der Waals surface area (Å²) in [5.41, 5.74) is 9.03. The Bertz CT molecular complexity index is 1390. The molecular formula is C31H33N5OS. The number of hydrazone groups is 1. The van der Waals surface area contributed by atoms with Crippen molar-refractivity contribution >= 4 is 23.4 Å². The molecule has 1 amide bonds. The van der Waals surface area contributed by atoms with E-state index in [9.17, 15) is 4.79 Å². The second-order valence-corrected chi connectivity index (χ2v) is 10.7. The Hall–Kier alpha value is -3.71. The van der Waals surface area contributed by atoms with E-state index in [1.807, 2.05) is 37.3 Å². The largest absolute Gasteiger partial charge is 0.299 e. The average Bonchev–Trinajstić information content (AvgIpc) is 3.40. The predicted molar refractivity (Wildman–Crippen MR) is 155 cm³/mol. The van der Waals surface area contributed by atoms with Gasteiger partial charge in [0.2, 0.25) is 0 Å². The molecule has 1 heterocycles. The molecule has 0 radical (unpaired) electrons. The van der Waals surface area contributed by atoms with Crippen LogP contribution in [0.15, 0.2) is 89.1 Å². The molecule has 0 aliphatic heterocycles. The zero-order valence-electron chi connectivity index (χ0n) is 21.9. The third-order valence-electron chi connectivity index (χ3n) is 7.00. The zero-order valence-corrected chi connectivity index (χ0v) is 22.7. The maximum absolute atomic E-state index is 12.7. The monoisotopic (exact) mass is 523 g/mol. The molecule has 194 valence electrons. The molecule has 1 N–H and O–H groups in total. The standard InChI is InChI=1S/C31H33N5OS/c1-22-13-15-27(16-14-22)30-34-35-31(36(30)28-11-7-4-8-12-28)38-21-29(37)33-32-23(2)24-17-19-26(20-18-24)25-9-5-3-6-10-25/h3,5-6,9-10,13-20,28H,4,7-8,11-12,21H2,1-2H3,(H,33,37). The van der Waals surface area contributed by atoms with Crippen molar-refractivity contribution in [2.75, 3.05) is 5.75 Å². The molecule has 0 saturated heterocycles. The van der Waals surface area contributed by atoms with Crippen LogP contribution in [0, 0.1) is 6.92 Å². The third-order valence-corrected chi connectivity index (χ3v) is 7.95. The molecule has 38 heavy (non-hydrogen) atoms. The van der Waals surface area contributed by atoms with Gasteiger partial charge in [-0.15, -0.1) is 10.2 Å². The third kappa shape index (κ3) is 6.22. The van der Waals surface area contributed by atoms with Gasteiger partial charge in [0.1, 0.15) is 0 Å². The zero-order chi connectivity index (χ0) is 26.3. The van der Waals surface area contributed by atoms with Crippen LogP contribution in [0.3, 0.4) is 0 Å². The number of benzene rings is 3. The average molecular weight is 524 g/mol. The maximum Gasteiger partial charge on any atom is 0.250 e. The van der Waals surface area contributed by atoms with Crippen molar-refractivity contribution in [3.8, 4) is 22.5 Å². The summed E-state index contributed by atoms with van der Waals surface area (Å²) in [4.78, 5) is 12.7. The number of aromatic nitrogens is 3. The van der Waals surface area contributed by atoms with Gasteiger partial charge >= 0.3 is 0 Å².